The summed E-state index contributed by atoms with van der Waals surface area (Å²) in [4.78, 5) is 0. The Morgan fingerprint density at radius 1 is 1.38 bits per heavy atom. The molecule has 0 aliphatic carbocycles. The summed E-state index contributed by atoms with van der Waals surface area (Å²) in [5.74, 6) is 0.675. The lowest BCUT2D eigenvalue weighted by atomic mass is 10.1. The first kappa shape index (κ1) is 7.92. The number of hydrogen-bond acceptors (Lipinski definition) is 2. The molecular formula is C6H16N2. The number of rotatable bonds is 3. The molecule has 0 fully saturated rings. The van der Waals surface area contributed by atoms with Crippen LogP contribution in [0.25, 0.3) is 0 Å². The van der Waals surface area contributed by atoms with Crippen molar-refractivity contribution in [1.82, 2.24) is 0 Å². The first-order valence-corrected chi connectivity index (χ1v) is 3.12. The lowest BCUT2D eigenvalue weighted by molar-refractivity contribution is 0.501. The Labute approximate surface area is 51.2 Å². The molecule has 0 radical (unpaired) electrons. The van der Waals surface area contributed by atoms with Gasteiger partial charge < -0.3 is 11.5 Å². The number of hydrogen-bond donors (Lipinski definition) is 2. The molecule has 2 nitrogen and oxygen atoms in total. The minimum Gasteiger partial charge on any atom is -0.329 e. The summed E-state index contributed by atoms with van der Waals surface area (Å²) in [6.07, 6.45) is 1.04. The van der Waals surface area contributed by atoms with Crippen LogP contribution in [-0.2, 0) is 0 Å². The topological polar surface area (TPSA) is 52.0 Å². The molecule has 0 amide bonds. The zero-order chi connectivity index (χ0) is 6.57. The molecule has 0 saturated heterocycles. The molecule has 0 aromatic carbocycles. The van der Waals surface area contributed by atoms with Gasteiger partial charge in [-0.15, -0.1) is 0 Å². The largest absolute Gasteiger partial charge is 0.329 e. The molecule has 0 aromatic heterocycles. The van der Waals surface area contributed by atoms with Crippen LogP contribution in [0.3, 0.4) is 0 Å². The summed E-state index contributed by atoms with van der Waals surface area (Å²) in [6.45, 7) is 4.91. The average Bonchev–Trinajstić information content (AvgIpc) is 1.65. The molecule has 4 N–H and O–H groups in total. The molecule has 0 saturated carbocycles. The van der Waals surface area contributed by atoms with Crippen molar-refractivity contribution in [3.05, 3.63) is 0 Å². The van der Waals surface area contributed by atoms with Crippen molar-refractivity contribution < 1.29 is 0 Å². The van der Waals surface area contributed by atoms with Crippen molar-refractivity contribution in [1.29, 1.82) is 0 Å². The summed E-state index contributed by atoms with van der Waals surface area (Å²) >= 11 is 0. The summed E-state index contributed by atoms with van der Waals surface area (Å²) in [7, 11) is 0. The highest BCUT2D eigenvalue weighted by Gasteiger charge is 2.00. The second-order valence-electron chi connectivity index (χ2n) is 2.63. The molecule has 0 aromatic rings. The Morgan fingerprint density at radius 2 is 1.88 bits per heavy atom. The zero-order valence-corrected chi connectivity index (χ0v) is 5.72. The standard InChI is InChI=1S/C6H16N2/c1-5(2)3-6(8)4-7/h5-6H,3-4,7-8H2,1-2H3. The van der Waals surface area contributed by atoms with E-state index in [2.05, 4.69) is 13.8 Å². The maximum absolute atomic E-state index is 5.55. The Hall–Kier alpha value is -0.0800. The van der Waals surface area contributed by atoms with Crippen molar-refractivity contribution in [2.75, 3.05) is 6.54 Å². The van der Waals surface area contributed by atoms with E-state index in [-0.39, 0.29) is 6.04 Å². The predicted molar refractivity (Wildman–Crippen MR) is 36.5 cm³/mol. The van der Waals surface area contributed by atoms with E-state index >= 15 is 0 Å². The van der Waals surface area contributed by atoms with Gasteiger partial charge >= 0.3 is 0 Å². The fourth-order valence-electron chi connectivity index (χ4n) is 0.702. The summed E-state index contributed by atoms with van der Waals surface area (Å²) in [6, 6.07) is 0.204. The first-order valence-electron chi connectivity index (χ1n) is 3.12. The Kier molecular flexibility index (Phi) is 3.83. The maximum Gasteiger partial charge on any atom is 0.0165 e. The van der Waals surface area contributed by atoms with Crippen molar-refractivity contribution in [3.63, 3.8) is 0 Å². The molecule has 2 heteroatoms. The van der Waals surface area contributed by atoms with Crippen LogP contribution in [0, 0.1) is 5.92 Å². The van der Waals surface area contributed by atoms with E-state index in [0.29, 0.717) is 12.5 Å². The molecule has 1 unspecified atom stereocenters. The van der Waals surface area contributed by atoms with Gasteiger partial charge in [-0.05, 0) is 12.3 Å². The van der Waals surface area contributed by atoms with E-state index in [1.54, 1.807) is 0 Å². The summed E-state index contributed by atoms with van der Waals surface area (Å²) in [5, 5.41) is 0. The Bertz CT molecular complexity index is 52.5. The van der Waals surface area contributed by atoms with Crippen LogP contribution in [0.1, 0.15) is 20.3 Å². The van der Waals surface area contributed by atoms with E-state index in [1.807, 2.05) is 0 Å². The van der Waals surface area contributed by atoms with Crippen molar-refractivity contribution >= 4 is 0 Å². The van der Waals surface area contributed by atoms with E-state index in [4.69, 9.17) is 11.5 Å². The second-order valence-corrected chi connectivity index (χ2v) is 2.63. The molecule has 0 aliphatic heterocycles. The van der Waals surface area contributed by atoms with Crippen molar-refractivity contribution in [3.8, 4) is 0 Å². The van der Waals surface area contributed by atoms with E-state index < -0.39 is 0 Å². The van der Waals surface area contributed by atoms with Crippen LogP contribution in [0.15, 0.2) is 0 Å². The highest BCUT2D eigenvalue weighted by Crippen LogP contribution is 2.00. The minimum atomic E-state index is 0.204. The SMILES string of the molecule is CC(C)CC(N)CN. The predicted octanol–water partition coefficient (Wildman–Crippen LogP) is 0.319. The van der Waals surface area contributed by atoms with Gasteiger partial charge in [-0.1, -0.05) is 13.8 Å². The fourth-order valence-corrected chi connectivity index (χ4v) is 0.702. The third-order valence-corrected chi connectivity index (χ3v) is 1.08. The maximum atomic E-state index is 5.55. The van der Waals surface area contributed by atoms with Crippen LogP contribution in [0.5, 0.6) is 0 Å². The molecule has 0 bridgehead atoms. The van der Waals surface area contributed by atoms with Crippen LogP contribution in [0.4, 0.5) is 0 Å². The van der Waals surface area contributed by atoms with E-state index in [9.17, 15) is 0 Å². The highest BCUT2D eigenvalue weighted by molar-refractivity contribution is 4.62. The van der Waals surface area contributed by atoms with Gasteiger partial charge in [0.1, 0.15) is 0 Å². The first-order chi connectivity index (χ1) is 3.66. The summed E-state index contributed by atoms with van der Waals surface area (Å²) in [5.41, 5.74) is 10.8. The second kappa shape index (κ2) is 3.87. The van der Waals surface area contributed by atoms with Crippen LogP contribution in [0.2, 0.25) is 0 Å². The Balaban J connectivity index is 3.10. The van der Waals surface area contributed by atoms with Crippen LogP contribution >= 0.6 is 0 Å². The van der Waals surface area contributed by atoms with Gasteiger partial charge in [0.15, 0.2) is 0 Å². The molecule has 1 atom stereocenters. The normalized spacial score (nSPS) is 14.6. The highest BCUT2D eigenvalue weighted by atomic mass is 14.7. The average molecular weight is 116 g/mol. The minimum absolute atomic E-state index is 0.204. The summed E-state index contributed by atoms with van der Waals surface area (Å²) < 4.78 is 0. The van der Waals surface area contributed by atoms with Crippen molar-refractivity contribution in [2.24, 2.45) is 17.4 Å². The zero-order valence-electron chi connectivity index (χ0n) is 5.72. The van der Waals surface area contributed by atoms with Gasteiger partial charge in [0.05, 0.1) is 0 Å². The third-order valence-electron chi connectivity index (χ3n) is 1.08. The smallest absolute Gasteiger partial charge is 0.0165 e. The van der Waals surface area contributed by atoms with Gasteiger partial charge in [-0.25, -0.2) is 0 Å². The van der Waals surface area contributed by atoms with Gasteiger partial charge in [0.2, 0.25) is 0 Å². The van der Waals surface area contributed by atoms with Gasteiger partial charge in [0.25, 0.3) is 0 Å². The third kappa shape index (κ3) is 4.09. The molecule has 0 aliphatic rings. The van der Waals surface area contributed by atoms with Gasteiger partial charge in [-0.2, -0.15) is 0 Å². The molecule has 0 rings (SSSR count). The lowest BCUT2D eigenvalue weighted by Gasteiger charge is -2.09. The van der Waals surface area contributed by atoms with Gasteiger partial charge in [0, 0.05) is 12.6 Å². The van der Waals surface area contributed by atoms with Crippen LogP contribution in [-0.4, -0.2) is 12.6 Å². The molecule has 8 heavy (non-hydrogen) atoms. The fraction of sp³-hybridized carbons (Fsp3) is 1.00. The molecule has 0 heterocycles. The lowest BCUT2D eigenvalue weighted by Crippen LogP contribution is -2.30. The Morgan fingerprint density at radius 3 is 2.00 bits per heavy atom. The molecular weight excluding hydrogens is 100 g/mol. The van der Waals surface area contributed by atoms with Crippen molar-refractivity contribution in [2.45, 2.75) is 26.3 Å². The van der Waals surface area contributed by atoms with E-state index in [0.717, 1.165) is 6.42 Å². The monoisotopic (exact) mass is 116 g/mol. The van der Waals surface area contributed by atoms with Crippen LogP contribution < -0.4 is 11.5 Å². The van der Waals surface area contributed by atoms with Gasteiger partial charge in [-0.3, -0.25) is 0 Å². The molecule has 0 spiro atoms. The van der Waals surface area contributed by atoms with E-state index in [1.165, 1.54) is 0 Å². The number of nitrogens with two attached hydrogens (primary N) is 2. The quantitative estimate of drug-likeness (QED) is 0.558. The molecule has 50 valence electrons.